The van der Waals surface area contributed by atoms with Crippen LogP contribution in [0.2, 0.25) is 0 Å². The van der Waals surface area contributed by atoms with Crippen LogP contribution in [0.5, 0.6) is 5.75 Å². The van der Waals surface area contributed by atoms with Crippen molar-refractivity contribution < 1.29 is 5.11 Å². The van der Waals surface area contributed by atoms with Crippen LogP contribution < -0.4 is 0 Å². The van der Waals surface area contributed by atoms with Crippen molar-refractivity contribution in [2.75, 3.05) is 0 Å². The first-order valence-electron chi connectivity index (χ1n) is 5.06. The summed E-state index contributed by atoms with van der Waals surface area (Å²) in [5.74, 6) is 0.290. The highest BCUT2D eigenvalue weighted by Gasteiger charge is 2.19. The molecule has 0 saturated carbocycles. The van der Waals surface area contributed by atoms with E-state index in [0.717, 1.165) is 16.7 Å². The number of phenols is 1. The highest BCUT2D eigenvalue weighted by atomic mass is 16.3. The van der Waals surface area contributed by atoms with Gasteiger partial charge in [-0.2, -0.15) is 5.26 Å². The number of nitriles is 1. The maximum Gasteiger partial charge on any atom is 0.119 e. The lowest BCUT2D eigenvalue weighted by Crippen LogP contribution is -2.12. The summed E-state index contributed by atoms with van der Waals surface area (Å²) in [6.07, 6.45) is 0.351. The standard InChI is InChI=1S/C13H17NO/c1-9-7-11(13(2,3)4)12(15)8-10(9)5-6-14/h7-8,15H,5H2,1-4H3. The Morgan fingerprint density at radius 2 is 1.93 bits per heavy atom. The molecule has 0 saturated heterocycles. The van der Waals surface area contributed by atoms with Crippen LogP contribution in [-0.2, 0) is 11.8 Å². The van der Waals surface area contributed by atoms with E-state index >= 15 is 0 Å². The summed E-state index contributed by atoms with van der Waals surface area (Å²) in [5.41, 5.74) is 2.84. The third-order valence-electron chi connectivity index (χ3n) is 2.53. The fraction of sp³-hybridized carbons (Fsp3) is 0.462. The van der Waals surface area contributed by atoms with Crippen LogP contribution in [0.1, 0.15) is 37.5 Å². The summed E-state index contributed by atoms with van der Waals surface area (Å²) in [6.45, 7) is 8.16. The second-order valence-corrected chi connectivity index (χ2v) is 4.88. The van der Waals surface area contributed by atoms with E-state index in [-0.39, 0.29) is 5.41 Å². The van der Waals surface area contributed by atoms with Crippen LogP contribution in [0, 0.1) is 18.3 Å². The monoisotopic (exact) mass is 203 g/mol. The van der Waals surface area contributed by atoms with Gasteiger partial charge in [0.05, 0.1) is 12.5 Å². The van der Waals surface area contributed by atoms with Crippen molar-refractivity contribution in [3.8, 4) is 11.8 Å². The molecule has 1 aromatic carbocycles. The van der Waals surface area contributed by atoms with Crippen LogP contribution in [0.15, 0.2) is 12.1 Å². The molecule has 0 unspecified atom stereocenters. The highest BCUT2D eigenvalue weighted by molar-refractivity contribution is 5.45. The molecule has 2 nitrogen and oxygen atoms in total. The molecule has 1 N–H and O–H groups in total. The Morgan fingerprint density at radius 3 is 2.40 bits per heavy atom. The molecule has 80 valence electrons. The van der Waals surface area contributed by atoms with Crippen molar-refractivity contribution in [1.82, 2.24) is 0 Å². The van der Waals surface area contributed by atoms with Gasteiger partial charge in [0.25, 0.3) is 0 Å². The number of rotatable bonds is 1. The summed E-state index contributed by atoms with van der Waals surface area (Å²) < 4.78 is 0. The molecule has 0 atom stereocenters. The van der Waals surface area contributed by atoms with Gasteiger partial charge >= 0.3 is 0 Å². The van der Waals surface area contributed by atoms with E-state index in [9.17, 15) is 5.11 Å². The number of phenolic OH excluding ortho intramolecular Hbond substituents is 1. The first kappa shape index (κ1) is 11.6. The molecule has 0 amide bonds. The molecule has 0 aliphatic heterocycles. The van der Waals surface area contributed by atoms with Gasteiger partial charge in [-0.05, 0) is 35.1 Å². The molecule has 0 bridgehead atoms. The average molecular weight is 203 g/mol. The summed E-state index contributed by atoms with van der Waals surface area (Å²) in [7, 11) is 0. The molecule has 0 heterocycles. The molecule has 0 aliphatic carbocycles. The third-order valence-corrected chi connectivity index (χ3v) is 2.53. The van der Waals surface area contributed by atoms with Crippen molar-refractivity contribution in [3.63, 3.8) is 0 Å². The Bertz CT molecular complexity index is 408. The lowest BCUT2D eigenvalue weighted by molar-refractivity contribution is 0.446. The molecular formula is C13H17NO. The van der Waals surface area contributed by atoms with Gasteiger partial charge in [0.2, 0.25) is 0 Å². The van der Waals surface area contributed by atoms with Gasteiger partial charge in [-0.15, -0.1) is 0 Å². The van der Waals surface area contributed by atoms with Crippen molar-refractivity contribution in [2.45, 2.75) is 39.5 Å². The number of hydrogen-bond acceptors (Lipinski definition) is 2. The summed E-state index contributed by atoms with van der Waals surface area (Å²) in [4.78, 5) is 0. The fourth-order valence-corrected chi connectivity index (χ4v) is 1.62. The van der Waals surface area contributed by atoms with Crippen molar-refractivity contribution in [1.29, 1.82) is 5.26 Å². The minimum Gasteiger partial charge on any atom is -0.508 e. The van der Waals surface area contributed by atoms with Crippen LogP contribution in [0.25, 0.3) is 0 Å². The number of aromatic hydroxyl groups is 1. The zero-order valence-electron chi connectivity index (χ0n) is 9.76. The molecular weight excluding hydrogens is 186 g/mol. The van der Waals surface area contributed by atoms with E-state index in [4.69, 9.17) is 5.26 Å². The van der Waals surface area contributed by atoms with E-state index < -0.39 is 0 Å². The number of hydrogen-bond donors (Lipinski definition) is 1. The Morgan fingerprint density at radius 1 is 1.33 bits per heavy atom. The normalized spacial score (nSPS) is 11.1. The van der Waals surface area contributed by atoms with Gasteiger partial charge < -0.3 is 5.11 Å². The van der Waals surface area contributed by atoms with E-state index in [1.165, 1.54) is 0 Å². The van der Waals surface area contributed by atoms with Crippen molar-refractivity contribution in [3.05, 3.63) is 28.8 Å². The fourth-order valence-electron chi connectivity index (χ4n) is 1.62. The van der Waals surface area contributed by atoms with E-state index in [1.54, 1.807) is 6.07 Å². The summed E-state index contributed by atoms with van der Waals surface area (Å²) in [6, 6.07) is 5.78. The first-order valence-corrected chi connectivity index (χ1v) is 5.06. The van der Waals surface area contributed by atoms with E-state index in [0.29, 0.717) is 12.2 Å². The Labute approximate surface area is 91.2 Å². The van der Waals surface area contributed by atoms with E-state index in [2.05, 4.69) is 26.8 Å². The minimum absolute atomic E-state index is 0.0694. The molecule has 0 spiro atoms. The predicted molar refractivity (Wildman–Crippen MR) is 60.9 cm³/mol. The SMILES string of the molecule is Cc1cc(C(C)(C)C)c(O)cc1CC#N. The van der Waals surface area contributed by atoms with Gasteiger partial charge in [0.15, 0.2) is 0 Å². The van der Waals surface area contributed by atoms with Crippen LogP contribution >= 0.6 is 0 Å². The zero-order chi connectivity index (χ0) is 11.6. The van der Waals surface area contributed by atoms with Crippen molar-refractivity contribution >= 4 is 0 Å². The van der Waals surface area contributed by atoms with Gasteiger partial charge in [0, 0.05) is 0 Å². The quantitative estimate of drug-likeness (QED) is 0.762. The van der Waals surface area contributed by atoms with Gasteiger partial charge in [-0.1, -0.05) is 26.8 Å². The van der Waals surface area contributed by atoms with E-state index in [1.807, 2.05) is 13.0 Å². The van der Waals surface area contributed by atoms with Gasteiger partial charge in [-0.25, -0.2) is 0 Å². The molecule has 1 rings (SSSR count). The minimum atomic E-state index is -0.0694. The predicted octanol–water partition coefficient (Wildman–Crippen LogP) is 3.06. The third kappa shape index (κ3) is 2.50. The first-order chi connectivity index (χ1) is 6.86. The summed E-state index contributed by atoms with van der Waals surface area (Å²) in [5, 5.41) is 18.5. The van der Waals surface area contributed by atoms with Crippen LogP contribution in [-0.4, -0.2) is 5.11 Å². The number of benzene rings is 1. The van der Waals surface area contributed by atoms with Crippen LogP contribution in [0.3, 0.4) is 0 Å². The molecule has 0 aromatic heterocycles. The second kappa shape index (κ2) is 3.94. The van der Waals surface area contributed by atoms with Crippen LogP contribution in [0.4, 0.5) is 0 Å². The number of nitrogens with zero attached hydrogens (tertiary/aromatic N) is 1. The topological polar surface area (TPSA) is 44.0 Å². The molecule has 1 aromatic rings. The van der Waals surface area contributed by atoms with Gasteiger partial charge in [-0.3, -0.25) is 0 Å². The Hall–Kier alpha value is -1.49. The Kier molecular flexibility index (Phi) is 3.04. The largest absolute Gasteiger partial charge is 0.508 e. The summed E-state index contributed by atoms with van der Waals surface area (Å²) >= 11 is 0. The highest BCUT2D eigenvalue weighted by Crippen LogP contribution is 2.32. The smallest absolute Gasteiger partial charge is 0.119 e. The van der Waals surface area contributed by atoms with Crippen molar-refractivity contribution in [2.24, 2.45) is 0 Å². The maximum atomic E-state index is 9.87. The Balaban J connectivity index is 3.27. The zero-order valence-corrected chi connectivity index (χ0v) is 9.76. The molecule has 0 fully saturated rings. The lowest BCUT2D eigenvalue weighted by Gasteiger charge is -2.21. The van der Waals surface area contributed by atoms with Gasteiger partial charge in [0.1, 0.15) is 5.75 Å². The molecule has 0 aliphatic rings. The molecule has 15 heavy (non-hydrogen) atoms. The second-order valence-electron chi connectivity index (χ2n) is 4.88. The lowest BCUT2D eigenvalue weighted by atomic mass is 9.84. The molecule has 0 radical (unpaired) electrons. The average Bonchev–Trinajstić information content (AvgIpc) is 2.09. The number of aryl methyl sites for hydroxylation is 1. The maximum absolute atomic E-state index is 9.87. The molecule has 2 heteroatoms.